The van der Waals surface area contributed by atoms with E-state index in [1.165, 1.54) is 11.6 Å². The van der Waals surface area contributed by atoms with Gasteiger partial charge >= 0.3 is 0 Å². The van der Waals surface area contributed by atoms with E-state index >= 15 is 0 Å². The molecule has 0 fully saturated rings. The number of phenolic OH excluding ortho intramolecular Hbond substituents is 3. The molecule has 4 heteroatoms. The van der Waals surface area contributed by atoms with Crippen molar-refractivity contribution >= 4 is 11.9 Å². The van der Waals surface area contributed by atoms with E-state index in [9.17, 15) is 20.1 Å². The van der Waals surface area contributed by atoms with E-state index in [1.54, 1.807) is 6.08 Å². The van der Waals surface area contributed by atoms with E-state index in [2.05, 4.69) is 13.8 Å². The Morgan fingerprint density at radius 3 is 2.05 bits per heavy atom. The van der Waals surface area contributed by atoms with E-state index in [0.29, 0.717) is 5.92 Å². The molecule has 0 amide bonds. The summed E-state index contributed by atoms with van der Waals surface area (Å²) in [5, 5.41) is 28.6. The molecule has 2 aromatic carbocycles. The normalized spacial score (nSPS) is 11.2. The summed E-state index contributed by atoms with van der Waals surface area (Å²) in [5.74, 6) is -1.32. The molecule has 4 nitrogen and oxygen atoms in total. The monoisotopic (exact) mass is 298 g/mol. The number of hydrogen-bond donors (Lipinski definition) is 3. The van der Waals surface area contributed by atoms with Crippen molar-refractivity contribution in [2.75, 3.05) is 0 Å². The molecule has 0 saturated heterocycles. The summed E-state index contributed by atoms with van der Waals surface area (Å²) in [5.41, 5.74) is 1.82. The van der Waals surface area contributed by atoms with Gasteiger partial charge in [0, 0.05) is 12.1 Å². The zero-order chi connectivity index (χ0) is 16.3. The van der Waals surface area contributed by atoms with Gasteiger partial charge in [-0.3, -0.25) is 4.79 Å². The maximum atomic E-state index is 12.1. The molecule has 0 atom stereocenters. The smallest absolute Gasteiger partial charge is 0.193 e. The van der Waals surface area contributed by atoms with Gasteiger partial charge in [-0.15, -0.1) is 0 Å². The van der Waals surface area contributed by atoms with Gasteiger partial charge in [-0.2, -0.15) is 0 Å². The van der Waals surface area contributed by atoms with Gasteiger partial charge in [-0.1, -0.05) is 44.2 Å². The number of benzene rings is 2. The first kappa shape index (κ1) is 15.6. The van der Waals surface area contributed by atoms with Crippen LogP contribution in [0.1, 0.15) is 41.3 Å². The van der Waals surface area contributed by atoms with Crippen LogP contribution in [-0.4, -0.2) is 21.1 Å². The van der Waals surface area contributed by atoms with Crippen LogP contribution in [-0.2, 0) is 0 Å². The topological polar surface area (TPSA) is 77.8 Å². The zero-order valence-electron chi connectivity index (χ0n) is 12.4. The molecule has 114 valence electrons. The minimum absolute atomic E-state index is 0.229. The van der Waals surface area contributed by atoms with Gasteiger partial charge < -0.3 is 15.3 Å². The van der Waals surface area contributed by atoms with Crippen LogP contribution < -0.4 is 0 Å². The maximum absolute atomic E-state index is 12.1. The van der Waals surface area contributed by atoms with E-state index in [-0.39, 0.29) is 11.3 Å². The van der Waals surface area contributed by atoms with Crippen LogP contribution in [0.5, 0.6) is 17.2 Å². The van der Waals surface area contributed by atoms with Crippen LogP contribution in [0.25, 0.3) is 6.08 Å². The molecule has 0 bridgehead atoms. The molecule has 0 aliphatic carbocycles. The third kappa shape index (κ3) is 3.47. The molecule has 2 rings (SSSR count). The number of hydrogen-bond acceptors (Lipinski definition) is 4. The Morgan fingerprint density at radius 1 is 1.00 bits per heavy atom. The molecule has 22 heavy (non-hydrogen) atoms. The Labute approximate surface area is 129 Å². The molecule has 0 radical (unpaired) electrons. The molecule has 0 spiro atoms. The predicted octanol–water partition coefficient (Wildman–Crippen LogP) is 3.82. The second kappa shape index (κ2) is 6.35. The average molecular weight is 298 g/mol. The van der Waals surface area contributed by atoms with E-state index in [0.717, 1.165) is 17.7 Å². The number of rotatable bonds is 4. The largest absolute Gasteiger partial charge is 0.508 e. The van der Waals surface area contributed by atoms with E-state index in [4.69, 9.17) is 0 Å². The first-order chi connectivity index (χ1) is 10.4. The minimum Gasteiger partial charge on any atom is -0.508 e. The molecule has 0 unspecified atom stereocenters. The summed E-state index contributed by atoms with van der Waals surface area (Å²) in [4.78, 5) is 12.1. The Bertz CT molecular complexity index is 689. The SMILES string of the molecule is CC(C)c1ccc(/C=C/C(=O)c2c(O)cc(O)cc2O)cc1. The molecule has 2 aromatic rings. The lowest BCUT2D eigenvalue weighted by atomic mass is 10.0. The van der Waals surface area contributed by atoms with Crippen molar-refractivity contribution in [2.24, 2.45) is 0 Å². The molecule has 0 saturated carbocycles. The number of allylic oxidation sites excluding steroid dienone is 1. The summed E-state index contributed by atoms with van der Waals surface area (Å²) < 4.78 is 0. The number of carbonyl (C=O) groups is 1. The van der Waals surface area contributed by atoms with Crippen molar-refractivity contribution in [1.82, 2.24) is 0 Å². The number of carbonyl (C=O) groups excluding carboxylic acids is 1. The molecular weight excluding hydrogens is 280 g/mol. The highest BCUT2D eigenvalue weighted by Crippen LogP contribution is 2.32. The number of aromatic hydroxyl groups is 3. The average Bonchev–Trinajstić information content (AvgIpc) is 2.44. The highest BCUT2D eigenvalue weighted by atomic mass is 16.3. The first-order valence-corrected chi connectivity index (χ1v) is 6.96. The first-order valence-electron chi connectivity index (χ1n) is 6.96. The molecule has 0 heterocycles. The maximum Gasteiger partial charge on any atom is 0.193 e. The Balaban J connectivity index is 2.21. The van der Waals surface area contributed by atoms with Crippen LogP contribution in [0.2, 0.25) is 0 Å². The highest BCUT2D eigenvalue weighted by molar-refractivity contribution is 6.10. The summed E-state index contributed by atoms with van der Waals surface area (Å²) in [6, 6.07) is 9.80. The van der Waals surface area contributed by atoms with E-state index < -0.39 is 17.3 Å². The van der Waals surface area contributed by atoms with Crippen molar-refractivity contribution in [3.8, 4) is 17.2 Å². The summed E-state index contributed by atoms with van der Waals surface area (Å²) in [7, 11) is 0. The summed E-state index contributed by atoms with van der Waals surface area (Å²) in [6.45, 7) is 4.20. The molecule has 0 aromatic heterocycles. The highest BCUT2D eigenvalue weighted by Gasteiger charge is 2.15. The number of phenols is 3. The van der Waals surface area contributed by atoms with Gasteiger partial charge in [-0.25, -0.2) is 0 Å². The van der Waals surface area contributed by atoms with Gasteiger partial charge in [0.05, 0.1) is 0 Å². The second-order valence-corrected chi connectivity index (χ2v) is 5.38. The van der Waals surface area contributed by atoms with Crippen LogP contribution in [0.15, 0.2) is 42.5 Å². The third-order valence-electron chi connectivity index (χ3n) is 3.36. The van der Waals surface area contributed by atoms with Crippen LogP contribution >= 0.6 is 0 Å². The number of ketones is 1. The predicted molar refractivity (Wildman–Crippen MR) is 85.3 cm³/mol. The van der Waals surface area contributed by atoms with Gasteiger partial charge in [0.25, 0.3) is 0 Å². The van der Waals surface area contributed by atoms with Crippen LogP contribution in [0.3, 0.4) is 0 Å². The fourth-order valence-electron chi connectivity index (χ4n) is 2.10. The standard InChI is InChI=1S/C18H18O4/c1-11(2)13-6-3-12(4-7-13)5-8-15(20)18-16(21)9-14(19)10-17(18)22/h3-11,19,21-22H,1-2H3/b8-5+. The minimum atomic E-state index is -0.539. The quantitative estimate of drug-likeness (QED) is 0.592. The van der Waals surface area contributed by atoms with Crippen molar-refractivity contribution in [2.45, 2.75) is 19.8 Å². The third-order valence-corrected chi connectivity index (χ3v) is 3.36. The zero-order valence-corrected chi connectivity index (χ0v) is 12.4. The van der Waals surface area contributed by atoms with Crippen molar-refractivity contribution in [1.29, 1.82) is 0 Å². The van der Waals surface area contributed by atoms with Crippen molar-refractivity contribution in [3.63, 3.8) is 0 Å². The Kier molecular flexibility index (Phi) is 4.51. The lowest BCUT2D eigenvalue weighted by molar-refractivity contribution is 0.104. The molecular formula is C18H18O4. The fraction of sp³-hybridized carbons (Fsp3) is 0.167. The molecule has 3 N–H and O–H groups in total. The lowest BCUT2D eigenvalue weighted by Gasteiger charge is -2.05. The van der Waals surface area contributed by atoms with Crippen LogP contribution in [0, 0.1) is 0 Å². The molecule has 0 aliphatic rings. The Hall–Kier alpha value is -2.75. The van der Waals surface area contributed by atoms with E-state index in [1.807, 2.05) is 24.3 Å². The lowest BCUT2D eigenvalue weighted by Crippen LogP contribution is -1.95. The second-order valence-electron chi connectivity index (χ2n) is 5.38. The molecule has 0 aliphatic heterocycles. The van der Waals surface area contributed by atoms with Crippen LogP contribution in [0.4, 0.5) is 0 Å². The van der Waals surface area contributed by atoms with Gasteiger partial charge in [0.15, 0.2) is 5.78 Å². The summed E-state index contributed by atoms with van der Waals surface area (Å²) >= 11 is 0. The van der Waals surface area contributed by atoms with Gasteiger partial charge in [0.2, 0.25) is 0 Å². The van der Waals surface area contributed by atoms with Gasteiger partial charge in [0.1, 0.15) is 22.8 Å². The fourth-order valence-corrected chi connectivity index (χ4v) is 2.10. The van der Waals surface area contributed by atoms with Crippen molar-refractivity contribution in [3.05, 3.63) is 59.2 Å². The summed E-state index contributed by atoms with van der Waals surface area (Å²) in [6.07, 6.45) is 2.88. The van der Waals surface area contributed by atoms with Crippen molar-refractivity contribution < 1.29 is 20.1 Å². The van der Waals surface area contributed by atoms with Gasteiger partial charge in [-0.05, 0) is 23.1 Å². The Morgan fingerprint density at radius 2 is 1.55 bits per heavy atom.